The van der Waals surface area contributed by atoms with Crippen molar-refractivity contribution in [1.29, 1.82) is 0 Å². The second-order valence-electron chi connectivity index (χ2n) is 9.53. The lowest BCUT2D eigenvalue weighted by molar-refractivity contribution is -0.144. The lowest BCUT2D eigenvalue weighted by atomic mass is 10.2. The number of anilines is 2. The molecule has 1 aliphatic heterocycles. The number of fused-ring (bicyclic) bond motifs is 1. The number of ether oxygens (including phenoxy) is 1. The van der Waals surface area contributed by atoms with Gasteiger partial charge in [-0.3, -0.25) is 4.79 Å². The van der Waals surface area contributed by atoms with E-state index in [2.05, 4.69) is 22.3 Å². The molecule has 9 heteroatoms. The molecule has 2 heterocycles. The molecule has 1 amide bonds. The van der Waals surface area contributed by atoms with Crippen molar-refractivity contribution in [2.45, 2.75) is 42.9 Å². The largest absolute Gasteiger partial charge is 0.392 e. The highest BCUT2D eigenvalue weighted by atomic mass is 32.2. The Bertz CT molecular complexity index is 1460. The number of hydrogen-bond donors (Lipinski definition) is 2. The molecule has 3 aromatic carbocycles. The molecule has 1 fully saturated rings. The summed E-state index contributed by atoms with van der Waals surface area (Å²) in [5, 5.41) is 14.1. The Morgan fingerprint density at radius 3 is 2.42 bits per heavy atom. The first-order chi connectivity index (χ1) is 19.6. The predicted molar refractivity (Wildman–Crippen MR) is 160 cm³/mol. The number of rotatable bonds is 10. The van der Waals surface area contributed by atoms with Crippen molar-refractivity contribution in [3.63, 3.8) is 0 Å². The summed E-state index contributed by atoms with van der Waals surface area (Å²) in [6.45, 7) is 7.37. The van der Waals surface area contributed by atoms with Crippen LogP contribution in [0.25, 0.3) is 10.9 Å². The van der Waals surface area contributed by atoms with Gasteiger partial charge in [0.05, 0.1) is 25.3 Å². The van der Waals surface area contributed by atoms with Crippen LogP contribution in [0.2, 0.25) is 0 Å². The lowest BCUT2D eigenvalue weighted by Gasteiger charge is -2.35. The van der Waals surface area contributed by atoms with Crippen molar-refractivity contribution < 1.29 is 14.6 Å². The fraction of sp³-hybridized carbons (Fsp3) is 0.323. The Kier molecular flexibility index (Phi) is 9.15. The molecular weight excluding hydrogens is 522 g/mol. The van der Waals surface area contributed by atoms with E-state index in [1.54, 1.807) is 11.8 Å². The Morgan fingerprint density at radius 1 is 1.00 bits per heavy atom. The summed E-state index contributed by atoms with van der Waals surface area (Å²) in [7, 11) is 0. The van der Waals surface area contributed by atoms with E-state index in [9.17, 15) is 9.90 Å². The molecule has 208 valence electrons. The summed E-state index contributed by atoms with van der Waals surface area (Å²) in [6, 6.07) is 24.1. The van der Waals surface area contributed by atoms with Gasteiger partial charge in [0, 0.05) is 41.4 Å². The topological polar surface area (TPSA) is 90.8 Å². The number of morpholine rings is 1. The number of para-hydroxylation sites is 1. The highest BCUT2D eigenvalue weighted by molar-refractivity contribution is 7.99. The highest BCUT2D eigenvalue weighted by Crippen LogP contribution is 2.33. The molecule has 0 bridgehead atoms. The van der Waals surface area contributed by atoms with E-state index in [0.717, 1.165) is 37.6 Å². The van der Waals surface area contributed by atoms with E-state index in [1.165, 1.54) is 0 Å². The molecule has 1 unspecified atom stereocenters. The molecule has 4 aromatic rings. The zero-order chi connectivity index (χ0) is 27.9. The van der Waals surface area contributed by atoms with Gasteiger partial charge in [-0.1, -0.05) is 60.3 Å². The van der Waals surface area contributed by atoms with E-state index >= 15 is 0 Å². The predicted octanol–water partition coefficient (Wildman–Crippen LogP) is 4.96. The second kappa shape index (κ2) is 13.1. The van der Waals surface area contributed by atoms with E-state index in [4.69, 9.17) is 14.7 Å². The maximum atomic E-state index is 13.0. The molecule has 8 nitrogen and oxygen atoms in total. The number of aliphatic hydroxyl groups excluding tert-OH is 1. The van der Waals surface area contributed by atoms with Gasteiger partial charge in [-0.15, -0.1) is 0 Å². The van der Waals surface area contributed by atoms with Crippen LogP contribution in [0.3, 0.4) is 0 Å². The number of likely N-dealkylation sites (N-methyl/N-ethyl adjacent to an activating group) is 1. The molecule has 0 aliphatic carbocycles. The van der Waals surface area contributed by atoms with Crippen molar-refractivity contribution in [3.05, 3.63) is 83.9 Å². The summed E-state index contributed by atoms with van der Waals surface area (Å²) in [5.41, 5.74) is 2.85. The number of nitrogens with zero attached hydrogens (tertiary/aromatic N) is 4. The first-order valence-corrected chi connectivity index (χ1v) is 14.5. The first kappa shape index (κ1) is 27.9. The standard InChI is InChI=1S/C31H35N5O3S/c1-3-35(4-2)30(38)26-20-36(17-18-39-26)29-24-13-7-8-14-25(24)33-31(34-29)32-19-22-11-5-9-15-27(22)40-28-16-10-6-12-23(28)21-37/h5-16,26,37H,3-4,17-21H2,1-2H3,(H,32,33,34). The number of carbonyl (C=O) groups excluding carboxylic acids is 1. The Balaban J connectivity index is 1.39. The fourth-order valence-electron chi connectivity index (χ4n) is 4.89. The van der Waals surface area contributed by atoms with Crippen LogP contribution < -0.4 is 10.2 Å². The molecular formula is C31H35N5O3S. The maximum absolute atomic E-state index is 13.0. The van der Waals surface area contributed by atoms with Crippen molar-refractivity contribution >= 4 is 40.3 Å². The number of benzene rings is 3. The van der Waals surface area contributed by atoms with Gasteiger partial charge in [-0.25, -0.2) is 4.98 Å². The summed E-state index contributed by atoms with van der Waals surface area (Å²) >= 11 is 1.64. The van der Waals surface area contributed by atoms with Crippen LogP contribution in [0, 0.1) is 0 Å². The summed E-state index contributed by atoms with van der Waals surface area (Å²) in [5.74, 6) is 1.35. The van der Waals surface area contributed by atoms with Crippen LogP contribution in [0.15, 0.2) is 82.6 Å². The Labute approximate surface area is 239 Å². The molecule has 5 rings (SSSR count). The van der Waals surface area contributed by atoms with Crippen LogP contribution in [0.1, 0.15) is 25.0 Å². The molecule has 0 saturated carbocycles. The first-order valence-electron chi connectivity index (χ1n) is 13.7. The van der Waals surface area contributed by atoms with Crippen molar-refractivity contribution in [1.82, 2.24) is 14.9 Å². The molecule has 1 aliphatic rings. The van der Waals surface area contributed by atoms with Gasteiger partial charge >= 0.3 is 0 Å². The summed E-state index contributed by atoms with van der Waals surface area (Å²) in [4.78, 5) is 28.9. The SMILES string of the molecule is CCN(CC)C(=O)C1CN(c2nc(NCc3ccccc3Sc3ccccc3CO)nc3ccccc23)CCO1. The molecule has 0 spiro atoms. The Morgan fingerprint density at radius 2 is 1.68 bits per heavy atom. The van der Waals surface area contributed by atoms with E-state index < -0.39 is 6.10 Å². The lowest BCUT2D eigenvalue weighted by Crippen LogP contribution is -2.51. The van der Waals surface area contributed by atoms with Crippen LogP contribution in [0.4, 0.5) is 11.8 Å². The second-order valence-corrected chi connectivity index (χ2v) is 10.6. The zero-order valence-electron chi connectivity index (χ0n) is 22.9. The minimum Gasteiger partial charge on any atom is -0.392 e. The highest BCUT2D eigenvalue weighted by Gasteiger charge is 2.31. The van der Waals surface area contributed by atoms with Crippen molar-refractivity contribution in [2.24, 2.45) is 0 Å². The van der Waals surface area contributed by atoms with E-state index in [-0.39, 0.29) is 12.5 Å². The molecule has 40 heavy (non-hydrogen) atoms. The third-order valence-electron chi connectivity index (χ3n) is 7.07. The quantitative estimate of drug-likeness (QED) is 0.283. The van der Waals surface area contributed by atoms with Crippen LogP contribution in [-0.2, 0) is 22.7 Å². The molecule has 2 N–H and O–H groups in total. The smallest absolute Gasteiger partial charge is 0.253 e. The maximum Gasteiger partial charge on any atom is 0.253 e. The normalized spacial score (nSPS) is 15.3. The number of hydrogen-bond acceptors (Lipinski definition) is 8. The number of amides is 1. The number of carbonyl (C=O) groups is 1. The minimum atomic E-state index is -0.524. The van der Waals surface area contributed by atoms with Gasteiger partial charge in [0.25, 0.3) is 5.91 Å². The average molecular weight is 558 g/mol. The summed E-state index contributed by atoms with van der Waals surface area (Å²) < 4.78 is 5.89. The molecule has 1 atom stereocenters. The van der Waals surface area contributed by atoms with Gasteiger partial charge in [0.1, 0.15) is 5.82 Å². The van der Waals surface area contributed by atoms with Crippen molar-refractivity contribution in [3.8, 4) is 0 Å². The number of aromatic nitrogens is 2. The van der Waals surface area contributed by atoms with E-state index in [1.807, 2.05) is 79.4 Å². The third kappa shape index (κ3) is 6.22. The van der Waals surface area contributed by atoms with Crippen molar-refractivity contribution in [2.75, 3.05) is 43.0 Å². The van der Waals surface area contributed by atoms with Crippen LogP contribution >= 0.6 is 11.8 Å². The van der Waals surface area contributed by atoms with Crippen LogP contribution in [0.5, 0.6) is 0 Å². The van der Waals surface area contributed by atoms with Gasteiger partial charge in [-0.2, -0.15) is 4.98 Å². The minimum absolute atomic E-state index is 0.000209. The molecule has 1 saturated heterocycles. The fourth-order valence-corrected chi connectivity index (χ4v) is 5.95. The number of aliphatic hydroxyl groups is 1. The van der Waals surface area contributed by atoms with Gasteiger partial charge < -0.3 is 25.0 Å². The zero-order valence-corrected chi connectivity index (χ0v) is 23.7. The summed E-state index contributed by atoms with van der Waals surface area (Å²) in [6.07, 6.45) is -0.524. The van der Waals surface area contributed by atoms with Gasteiger partial charge in [0.15, 0.2) is 6.10 Å². The van der Waals surface area contributed by atoms with Gasteiger partial charge in [0.2, 0.25) is 5.95 Å². The van der Waals surface area contributed by atoms with Crippen LogP contribution in [-0.4, -0.2) is 64.8 Å². The van der Waals surface area contributed by atoms with Gasteiger partial charge in [-0.05, 0) is 49.2 Å². The Hall–Kier alpha value is -3.66. The molecule has 0 radical (unpaired) electrons. The average Bonchev–Trinajstić information content (AvgIpc) is 3.01. The monoisotopic (exact) mass is 557 g/mol. The van der Waals surface area contributed by atoms with E-state index in [0.29, 0.717) is 45.3 Å². The number of nitrogens with one attached hydrogen (secondary N) is 1. The third-order valence-corrected chi connectivity index (χ3v) is 8.31. The molecule has 1 aromatic heterocycles.